The molecule has 2 amide bonds. The zero-order valence-electron chi connectivity index (χ0n) is 18.4. The van der Waals surface area contributed by atoms with Gasteiger partial charge in [-0.2, -0.15) is 0 Å². The third kappa shape index (κ3) is 4.80. The Balaban J connectivity index is 1.45. The van der Waals surface area contributed by atoms with E-state index in [1.807, 2.05) is 30.3 Å². The van der Waals surface area contributed by atoms with Crippen molar-refractivity contribution >= 4 is 17.5 Å². The van der Waals surface area contributed by atoms with Gasteiger partial charge in [0.15, 0.2) is 0 Å². The van der Waals surface area contributed by atoms with Crippen molar-refractivity contribution in [2.75, 3.05) is 25.5 Å². The second-order valence-corrected chi connectivity index (χ2v) is 8.09. The second kappa shape index (κ2) is 9.64. The highest BCUT2D eigenvalue weighted by Gasteiger charge is 2.30. The molecule has 164 valence electrons. The third-order valence-electron chi connectivity index (χ3n) is 5.76. The zero-order valence-corrected chi connectivity index (χ0v) is 18.4. The average molecular weight is 430 g/mol. The normalized spacial score (nSPS) is 15.8. The Morgan fingerprint density at radius 3 is 2.62 bits per heavy atom. The molecule has 6 nitrogen and oxygen atoms in total. The molecule has 1 atom stereocenters. The quantitative estimate of drug-likeness (QED) is 0.646. The first kappa shape index (κ1) is 21.6. The van der Waals surface area contributed by atoms with Gasteiger partial charge in [0.2, 0.25) is 11.8 Å². The lowest BCUT2D eigenvalue weighted by Gasteiger charge is -2.32. The number of nitrogens with zero attached hydrogens (tertiary/aromatic N) is 2. The number of aromatic nitrogens is 1. The van der Waals surface area contributed by atoms with Gasteiger partial charge in [0.1, 0.15) is 5.56 Å². The molecule has 1 aliphatic heterocycles. The van der Waals surface area contributed by atoms with Gasteiger partial charge in [0.05, 0.1) is 13.0 Å². The summed E-state index contributed by atoms with van der Waals surface area (Å²) in [5.74, 6) is -0.189. The fraction of sp³-hybridized carbons (Fsp3) is 0.269. The van der Waals surface area contributed by atoms with Crippen LogP contribution in [0.4, 0.5) is 5.69 Å². The second-order valence-electron chi connectivity index (χ2n) is 8.09. The van der Waals surface area contributed by atoms with Crippen LogP contribution in [0.25, 0.3) is 11.1 Å². The first-order chi connectivity index (χ1) is 15.5. The molecule has 1 saturated heterocycles. The average Bonchev–Trinajstić information content (AvgIpc) is 2.84. The summed E-state index contributed by atoms with van der Waals surface area (Å²) in [7, 11) is 1.50. The fourth-order valence-corrected chi connectivity index (χ4v) is 4.11. The number of hydrogen-bond acceptors (Lipinski definition) is 4. The summed E-state index contributed by atoms with van der Waals surface area (Å²) in [4.78, 5) is 31.9. The van der Waals surface area contributed by atoms with Crippen LogP contribution in [0, 0.1) is 12.8 Å². The molecule has 0 saturated carbocycles. The number of likely N-dealkylation sites (tertiary alicyclic amines) is 1. The lowest BCUT2D eigenvalue weighted by molar-refractivity contribution is -0.121. The van der Waals surface area contributed by atoms with Crippen molar-refractivity contribution in [3.8, 4) is 17.0 Å². The van der Waals surface area contributed by atoms with Crippen LogP contribution in [-0.4, -0.2) is 41.9 Å². The topological polar surface area (TPSA) is 71.5 Å². The van der Waals surface area contributed by atoms with Crippen molar-refractivity contribution in [2.45, 2.75) is 19.8 Å². The van der Waals surface area contributed by atoms with Crippen LogP contribution in [0.1, 0.15) is 28.8 Å². The first-order valence-electron chi connectivity index (χ1n) is 10.8. The highest BCUT2D eigenvalue weighted by Crippen LogP contribution is 2.26. The Kier molecular flexibility index (Phi) is 6.50. The Labute approximate surface area is 188 Å². The van der Waals surface area contributed by atoms with Gasteiger partial charge in [-0.05, 0) is 55.2 Å². The number of benzene rings is 2. The summed E-state index contributed by atoms with van der Waals surface area (Å²) in [5, 5.41) is 3.04. The van der Waals surface area contributed by atoms with Crippen LogP contribution in [0.5, 0.6) is 5.88 Å². The van der Waals surface area contributed by atoms with E-state index in [2.05, 4.69) is 35.4 Å². The van der Waals surface area contributed by atoms with Crippen LogP contribution in [-0.2, 0) is 4.79 Å². The maximum absolute atomic E-state index is 13.0. The fourth-order valence-electron chi connectivity index (χ4n) is 4.11. The van der Waals surface area contributed by atoms with E-state index in [1.165, 1.54) is 12.7 Å². The van der Waals surface area contributed by atoms with Crippen molar-refractivity contribution in [3.63, 3.8) is 0 Å². The third-order valence-corrected chi connectivity index (χ3v) is 5.76. The molecule has 1 aromatic heterocycles. The molecular weight excluding hydrogens is 402 g/mol. The van der Waals surface area contributed by atoms with E-state index in [-0.39, 0.29) is 17.7 Å². The summed E-state index contributed by atoms with van der Waals surface area (Å²) >= 11 is 0. The number of methoxy groups -OCH3 is 1. The van der Waals surface area contributed by atoms with Gasteiger partial charge in [0, 0.05) is 25.0 Å². The number of anilines is 1. The minimum atomic E-state index is -0.266. The number of carbonyl (C=O) groups is 2. The molecular formula is C26H27N3O3. The predicted octanol–water partition coefficient (Wildman–Crippen LogP) is 4.56. The van der Waals surface area contributed by atoms with Gasteiger partial charge in [-0.15, -0.1) is 0 Å². The predicted molar refractivity (Wildman–Crippen MR) is 125 cm³/mol. The Bertz CT molecular complexity index is 1130. The summed E-state index contributed by atoms with van der Waals surface area (Å²) in [6, 6.07) is 19.5. The standard InChI is InChI=1S/C26H27N3O3/c1-18-7-3-8-19(15-18)20-9-4-11-22(16-20)28-24(30)21-10-6-14-29(17-21)26(31)23-12-5-13-27-25(23)32-2/h3-5,7-9,11-13,15-16,21H,6,10,14,17H2,1-2H3,(H,28,30)/t21-/m0/s1. The molecule has 1 N–H and O–H groups in total. The minimum absolute atomic E-state index is 0.0676. The molecule has 0 unspecified atom stereocenters. The molecule has 6 heteroatoms. The van der Waals surface area contributed by atoms with E-state index >= 15 is 0 Å². The number of aryl methyl sites for hydroxylation is 1. The van der Waals surface area contributed by atoms with Crippen molar-refractivity contribution in [1.82, 2.24) is 9.88 Å². The number of nitrogens with one attached hydrogen (secondary N) is 1. The maximum Gasteiger partial charge on any atom is 0.259 e. The molecule has 32 heavy (non-hydrogen) atoms. The summed E-state index contributed by atoms with van der Waals surface area (Å²) in [6.07, 6.45) is 3.11. The SMILES string of the molecule is COc1ncccc1C(=O)N1CCC[C@H](C(=O)Nc2cccc(-c3cccc(C)c3)c2)C1. The Morgan fingerprint density at radius 1 is 1.06 bits per heavy atom. The molecule has 0 spiro atoms. The van der Waals surface area contributed by atoms with Gasteiger partial charge < -0.3 is 15.0 Å². The monoisotopic (exact) mass is 429 g/mol. The van der Waals surface area contributed by atoms with Crippen molar-refractivity contribution in [2.24, 2.45) is 5.92 Å². The maximum atomic E-state index is 13.0. The molecule has 1 fully saturated rings. The van der Waals surface area contributed by atoms with E-state index in [4.69, 9.17) is 4.74 Å². The minimum Gasteiger partial charge on any atom is -0.480 e. The smallest absolute Gasteiger partial charge is 0.259 e. The molecule has 3 aromatic rings. The van der Waals surface area contributed by atoms with Crippen molar-refractivity contribution < 1.29 is 14.3 Å². The molecule has 0 radical (unpaired) electrons. The summed E-state index contributed by atoms with van der Waals surface area (Å²) < 4.78 is 5.23. The lowest BCUT2D eigenvalue weighted by Crippen LogP contribution is -2.43. The molecule has 0 aliphatic carbocycles. The zero-order chi connectivity index (χ0) is 22.5. The van der Waals surface area contributed by atoms with E-state index in [9.17, 15) is 9.59 Å². The van der Waals surface area contributed by atoms with Crippen LogP contribution < -0.4 is 10.1 Å². The van der Waals surface area contributed by atoms with Gasteiger partial charge in [0.25, 0.3) is 5.91 Å². The highest BCUT2D eigenvalue weighted by atomic mass is 16.5. The first-order valence-corrected chi connectivity index (χ1v) is 10.8. The largest absolute Gasteiger partial charge is 0.480 e. The molecule has 1 aliphatic rings. The number of carbonyl (C=O) groups excluding carboxylic acids is 2. The van der Waals surface area contributed by atoms with E-state index < -0.39 is 0 Å². The Hall–Kier alpha value is -3.67. The van der Waals surface area contributed by atoms with Crippen molar-refractivity contribution in [3.05, 3.63) is 78.0 Å². The van der Waals surface area contributed by atoms with Crippen molar-refractivity contribution in [1.29, 1.82) is 0 Å². The Morgan fingerprint density at radius 2 is 1.84 bits per heavy atom. The van der Waals surface area contributed by atoms with E-state index in [0.29, 0.717) is 24.5 Å². The number of rotatable bonds is 5. The van der Waals surface area contributed by atoms with E-state index in [1.54, 1.807) is 23.2 Å². The van der Waals surface area contributed by atoms with Crippen LogP contribution >= 0.6 is 0 Å². The van der Waals surface area contributed by atoms with Crippen LogP contribution in [0.3, 0.4) is 0 Å². The van der Waals surface area contributed by atoms with Gasteiger partial charge in [-0.1, -0.05) is 42.0 Å². The van der Waals surface area contributed by atoms with Gasteiger partial charge in [-0.25, -0.2) is 4.98 Å². The number of hydrogen-bond donors (Lipinski definition) is 1. The molecule has 4 rings (SSSR count). The highest BCUT2D eigenvalue weighted by molar-refractivity contribution is 5.98. The van der Waals surface area contributed by atoms with Crippen LogP contribution in [0.15, 0.2) is 66.9 Å². The van der Waals surface area contributed by atoms with E-state index in [0.717, 1.165) is 29.7 Å². The number of amides is 2. The van der Waals surface area contributed by atoms with Gasteiger partial charge >= 0.3 is 0 Å². The summed E-state index contributed by atoms with van der Waals surface area (Å²) in [5.41, 5.74) is 4.53. The lowest BCUT2D eigenvalue weighted by atomic mass is 9.96. The molecule has 2 aromatic carbocycles. The van der Waals surface area contributed by atoms with Gasteiger partial charge in [-0.3, -0.25) is 9.59 Å². The molecule has 0 bridgehead atoms. The molecule has 2 heterocycles. The summed E-state index contributed by atoms with van der Waals surface area (Å²) in [6.45, 7) is 3.05. The number of pyridine rings is 1. The number of piperidine rings is 1. The number of ether oxygens (including phenoxy) is 1. The van der Waals surface area contributed by atoms with Crippen LogP contribution in [0.2, 0.25) is 0 Å².